The first kappa shape index (κ1) is 8.51. The number of hydrogen-bond donors (Lipinski definition) is 0. The molecule has 0 spiro atoms. The van der Waals surface area contributed by atoms with Crippen LogP contribution in [-0.4, -0.2) is 31.1 Å². The van der Waals surface area contributed by atoms with Crippen molar-refractivity contribution in [3.63, 3.8) is 0 Å². The summed E-state index contributed by atoms with van der Waals surface area (Å²) < 4.78 is 25.0. The SMILES string of the molecule is C[C@H]1CCN(S(=O)(=O)C2CC2)C1. The van der Waals surface area contributed by atoms with Gasteiger partial charge in [0.2, 0.25) is 10.0 Å². The van der Waals surface area contributed by atoms with Crippen molar-refractivity contribution in [2.24, 2.45) is 5.92 Å². The van der Waals surface area contributed by atoms with Gasteiger partial charge in [0.05, 0.1) is 5.25 Å². The maximum absolute atomic E-state index is 11.7. The summed E-state index contributed by atoms with van der Waals surface area (Å²) in [6.45, 7) is 3.61. The van der Waals surface area contributed by atoms with E-state index < -0.39 is 10.0 Å². The first-order chi connectivity index (χ1) is 5.60. The van der Waals surface area contributed by atoms with Crippen LogP contribution in [0, 0.1) is 5.92 Å². The predicted molar refractivity (Wildman–Crippen MR) is 47.3 cm³/mol. The van der Waals surface area contributed by atoms with Gasteiger partial charge in [0.25, 0.3) is 0 Å². The van der Waals surface area contributed by atoms with E-state index in [-0.39, 0.29) is 5.25 Å². The van der Waals surface area contributed by atoms with Gasteiger partial charge < -0.3 is 0 Å². The van der Waals surface area contributed by atoms with Crippen molar-refractivity contribution < 1.29 is 8.42 Å². The highest BCUT2D eigenvalue weighted by atomic mass is 32.2. The number of sulfonamides is 1. The highest BCUT2D eigenvalue weighted by Crippen LogP contribution is 2.33. The van der Waals surface area contributed by atoms with Crippen molar-refractivity contribution in [2.45, 2.75) is 31.4 Å². The van der Waals surface area contributed by atoms with Crippen LogP contribution in [0.25, 0.3) is 0 Å². The van der Waals surface area contributed by atoms with Crippen molar-refractivity contribution in [1.29, 1.82) is 0 Å². The van der Waals surface area contributed by atoms with Crippen molar-refractivity contribution in [3.8, 4) is 0 Å². The van der Waals surface area contributed by atoms with Gasteiger partial charge in [-0.25, -0.2) is 12.7 Å². The summed E-state index contributed by atoms with van der Waals surface area (Å²) >= 11 is 0. The summed E-state index contributed by atoms with van der Waals surface area (Å²) in [6.07, 6.45) is 2.80. The molecule has 1 heterocycles. The fourth-order valence-electron chi connectivity index (χ4n) is 1.70. The maximum Gasteiger partial charge on any atom is 0.216 e. The Kier molecular flexibility index (Phi) is 1.92. The molecular formula is C8H15NO2S. The van der Waals surface area contributed by atoms with E-state index in [9.17, 15) is 8.42 Å². The summed E-state index contributed by atoms with van der Waals surface area (Å²) in [5.74, 6) is 0.554. The summed E-state index contributed by atoms with van der Waals surface area (Å²) in [7, 11) is -2.87. The van der Waals surface area contributed by atoms with Gasteiger partial charge in [-0.05, 0) is 25.2 Å². The van der Waals surface area contributed by atoms with E-state index in [4.69, 9.17) is 0 Å². The molecule has 12 heavy (non-hydrogen) atoms. The number of rotatable bonds is 2. The molecule has 2 rings (SSSR count). The van der Waals surface area contributed by atoms with Crippen LogP contribution in [0.3, 0.4) is 0 Å². The molecule has 70 valence electrons. The molecular weight excluding hydrogens is 174 g/mol. The van der Waals surface area contributed by atoms with E-state index in [1.54, 1.807) is 4.31 Å². The van der Waals surface area contributed by atoms with Gasteiger partial charge in [-0.2, -0.15) is 0 Å². The molecule has 1 aliphatic heterocycles. The zero-order valence-electron chi connectivity index (χ0n) is 7.36. The molecule has 0 radical (unpaired) electrons. The molecule has 0 bridgehead atoms. The zero-order chi connectivity index (χ0) is 8.77. The first-order valence-corrected chi connectivity index (χ1v) is 6.10. The minimum absolute atomic E-state index is 0.0252. The molecule has 0 aromatic rings. The van der Waals surface area contributed by atoms with Crippen LogP contribution in [0.4, 0.5) is 0 Å². The lowest BCUT2D eigenvalue weighted by Crippen LogP contribution is -2.31. The fraction of sp³-hybridized carbons (Fsp3) is 1.00. The Morgan fingerprint density at radius 2 is 1.92 bits per heavy atom. The topological polar surface area (TPSA) is 37.4 Å². The quantitative estimate of drug-likeness (QED) is 0.645. The fourth-order valence-corrected chi connectivity index (χ4v) is 3.68. The smallest absolute Gasteiger partial charge is 0.212 e. The van der Waals surface area contributed by atoms with Gasteiger partial charge in [0, 0.05) is 13.1 Å². The summed E-state index contributed by atoms with van der Waals surface area (Å²) in [6, 6.07) is 0. The van der Waals surface area contributed by atoms with E-state index in [1.165, 1.54) is 0 Å². The lowest BCUT2D eigenvalue weighted by molar-refractivity contribution is 0.463. The summed E-state index contributed by atoms with van der Waals surface area (Å²) in [4.78, 5) is 0. The molecule has 1 saturated heterocycles. The van der Waals surface area contributed by atoms with Crippen LogP contribution in [0.2, 0.25) is 0 Å². The number of hydrogen-bond acceptors (Lipinski definition) is 2. The normalized spacial score (nSPS) is 32.6. The van der Waals surface area contributed by atoms with E-state index in [2.05, 4.69) is 6.92 Å². The van der Waals surface area contributed by atoms with Crippen molar-refractivity contribution >= 4 is 10.0 Å². The summed E-state index contributed by atoms with van der Waals surface area (Å²) in [5.41, 5.74) is 0. The van der Waals surface area contributed by atoms with E-state index in [1.807, 2.05) is 0 Å². The Morgan fingerprint density at radius 1 is 1.25 bits per heavy atom. The first-order valence-electron chi connectivity index (χ1n) is 4.59. The molecule has 1 aliphatic carbocycles. The molecule has 3 nitrogen and oxygen atoms in total. The molecule has 4 heteroatoms. The molecule has 0 N–H and O–H groups in total. The average Bonchev–Trinajstić information content (AvgIpc) is 2.75. The average molecular weight is 189 g/mol. The Labute approximate surface area is 73.8 Å². The van der Waals surface area contributed by atoms with E-state index in [0.717, 1.165) is 32.4 Å². The minimum atomic E-state index is -2.87. The standard InChI is InChI=1S/C8H15NO2S/c1-7-4-5-9(6-7)12(10,11)8-2-3-8/h7-8H,2-6H2,1H3/t7-/m0/s1. The van der Waals surface area contributed by atoms with Gasteiger partial charge >= 0.3 is 0 Å². The van der Waals surface area contributed by atoms with Crippen LogP contribution >= 0.6 is 0 Å². The highest BCUT2D eigenvalue weighted by Gasteiger charge is 2.41. The lowest BCUT2D eigenvalue weighted by Gasteiger charge is -2.14. The van der Waals surface area contributed by atoms with Gasteiger partial charge in [-0.3, -0.25) is 0 Å². The third-order valence-corrected chi connectivity index (χ3v) is 5.06. The third kappa shape index (κ3) is 1.38. The monoisotopic (exact) mass is 189 g/mol. The summed E-state index contributed by atoms with van der Waals surface area (Å²) in [5, 5.41) is -0.0252. The van der Waals surface area contributed by atoms with Crippen LogP contribution in [0.5, 0.6) is 0 Å². The molecule has 0 aromatic heterocycles. The Balaban J connectivity index is 2.08. The van der Waals surface area contributed by atoms with E-state index in [0.29, 0.717) is 5.92 Å². The molecule has 2 fully saturated rings. The lowest BCUT2D eigenvalue weighted by atomic mass is 10.2. The highest BCUT2D eigenvalue weighted by molar-refractivity contribution is 7.90. The Bertz CT molecular complexity index is 269. The van der Waals surface area contributed by atoms with Crippen LogP contribution in [-0.2, 0) is 10.0 Å². The third-order valence-electron chi connectivity index (χ3n) is 2.69. The maximum atomic E-state index is 11.7. The van der Waals surface area contributed by atoms with E-state index >= 15 is 0 Å². The Hall–Kier alpha value is -0.0900. The van der Waals surface area contributed by atoms with Gasteiger partial charge in [-0.15, -0.1) is 0 Å². The minimum Gasteiger partial charge on any atom is -0.212 e. The van der Waals surface area contributed by atoms with Crippen LogP contribution in [0.1, 0.15) is 26.2 Å². The number of nitrogens with zero attached hydrogens (tertiary/aromatic N) is 1. The second-order valence-corrected chi connectivity index (χ2v) is 6.21. The molecule has 0 unspecified atom stereocenters. The van der Waals surface area contributed by atoms with Crippen molar-refractivity contribution in [2.75, 3.05) is 13.1 Å². The molecule has 0 aromatic carbocycles. The van der Waals surface area contributed by atoms with Crippen molar-refractivity contribution in [1.82, 2.24) is 4.31 Å². The van der Waals surface area contributed by atoms with Crippen LogP contribution in [0.15, 0.2) is 0 Å². The zero-order valence-corrected chi connectivity index (χ0v) is 8.18. The molecule has 2 aliphatic rings. The van der Waals surface area contributed by atoms with Gasteiger partial charge in [0.1, 0.15) is 0 Å². The largest absolute Gasteiger partial charge is 0.216 e. The predicted octanol–water partition coefficient (Wildman–Crippen LogP) is 0.820. The van der Waals surface area contributed by atoms with Crippen LogP contribution < -0.4 is 0 Å². The van der Waals surface area contributed by atoms with Crippen molar-refractivity contribution in [3.05, 3.63) is 0 Å². The van der Waals surface area contributed by atoms with Gasteiger partial charge in [-0.1, -0.05) is 6.92 Å². The molecule has 1 atom stereocenters. The van der Waals surface area contributed by atoms with Gasteiger partial charge in [0.15, 0.2) is 0 Å². The Morgan fingerprint density at radius 3 is 2.33 bits per heavy atom. The molecule has 1 saturated carbocycles. The second kappa shape index (κ2) is 2.70. The molecule has 0 amide bonds. The second-order valence-electron chi connectivity index (χ2n) is 4.00.